The summed E-state index contributed by atoms with van der Waals surface area (Å²) in [6.07, 6.45) is 1.26. The molecule has 2 heterocycles. The fraction of sp³-hybridized carbons (Fsp3) is 0.400. The van der Waals surface area contributed by atoms with Crippen LogP contribution in [0.1, 0.15) is 38.5 Å². The van der Waals surface area contributed by atoms with Crippen LogP contribution in [0.2, 0.25) is 0 Å². The Labute approximate surface area is 148 Å². The summed E-state index contributed by atoms with van der Waals surface area (Å²) in [5.41, 5.74) is 2.82. The number of anilines is 1. The van der Waals surface area contributed by atoms with E-state index in [2.05, 4.69) is 5.32 Å². The molecule has 5 heteroatoms. The highest BCUT2D eigenvalue weighted by atomic mass is 16.3. The van der Waals surface area contributed by atoms with Gasteiger partial charge in [-0.25, -0.2) is 0 Å². The van der Waals surface area contributed by atoms with Crippen molar-refractivity contribution < 1.29 is 14.0 Å². The third-order valence-electron chi connectivity index (χ3n) is 4.36. The first-order valence-corrected chi connectivity index (χ1v) is 8.69. The monoisotopic (exact) mass is 340 g/mol. The minimum atomic E-state index is 0.0283. The molecule has 5 nitrogen and oxygen atoms in total. The van der Waals surface area contributed by atoms with E-state index in [-0.39, 0.29) is 11.8 Å². The molecule has 0 fully saturated rings. The fourth-order valence-electron chi connectivity index (χ4n) is 3.04. The van der Waals surface area contributed by atoms with Crippen molar-refractivity contribution in [3.05, 3.63) is 41.7 Å². The second kappa shape index (κ2) is 7.13. The van der Waals surface area contributed by atoms with E-state index in [1.165, 1.54) is 0 Å². The summed E-state index contributed by atoms with van der Waals surface area (Å²) in [4.78, 5) is 25.2. The summed E-state index contributed by atoms with van der Waals surface area (Å²) in [5, 5.41) is 2.91. The summed E-state index contributed by atoms with van der Waals surface area (Å²) in [7, 11) is 0. The Morgan fingerprint density at radius 3 is 2.60 bits per heavy atom. The van der Waals surface area contributed by atoms with Crippen LogP contribution in [-0.4, -0.2) is 23.3 Å². The molecule has 0 saturated carbocycles. The lowest BCUT2D eigenvalue weighted by atomic mass is 10.1. The molecule has 0 radical (unpaired) electrons. The molecule has 25 heavy (non-hydrogen) atoms. The molecule has 0 saturated heterocycles. The van der Waals surface area contributed by atoms with Gasteiger partial charge < -0.3 is 14.6 Å². The van der Waals surface area contributed by atoms with Gasteiger partial charge in [0.2, 0.25) is 11.8 Å². The van der Waals surface area contributed by atoms with Crippen molar-refractivity contribution in [2.24, 2.45) is 5.92 Å². The Bertz CT molecular complexity index is 775. The van der Waals surface area contributed by atoms with Crippen molar-refractivity contribution in [1.82, 2.24) is 4.90 Å². The van der Waals surface area contributed by atoms with Crippen molar-refractivity contribution in [2.45, 2.75) is 40.2 Å². The van der Waals surface area contributed by atoms with Gasteiger partial charge in [0.25, 0.3) is 0 Å². The normalized spacial score (nSPS) is 13.7. The molecular weight excluding hydrogens is 316 g/mol. The number of hydrogen-bond acceptors (Lipinski definition) is 3. The minimum absolute atomic E-state index is 0.0283. The lowest BCUT2D eigenvalue weighted by molar-refractivity contribution is -0.129. The number of carbonyl (C=O) groups is 2. The first-order chi connectivity index (χ1) is 11.9. The molecule has 1 N–H and O–H groups in total. The zero-order chi connectivity index (χ0) is 18.0. The van der Waals surface area contributed by atoms with Crippen LogP contribution in [0.4, 0.5) is 5.69 Å². The average Bonchev–Trinajstić information content (AvgIpc) is 2.97. The highest BCUT2D eigenvalue weighted by Crippen LogP contribution is 2.30. The van der Waals surface area contributed by atoms with Crippen LogP contribution >= 0.6 is 0 Å². The van der Waals surface area contributed by atoms with Gasteiger partial charge in [-0.3, -0.25) is 9.59 Å². The molecule has 2 aromatic rings. The SMILES string of the molecule is CC(=O)N1CCc2oc(-c3ccc(NC(=O)CC(C)C)cc3)cc2C1. The molecule has 2 amide bonds. The number of rotatable bonds is 4. The molecule has 1 aromatic carbocycles. The third-order valence-corrected chi connectivity index (χ3v) is 4.36. The highest BCUT2D eigenvalue weighted by Gasteiger charge is 2.22. The van der Waals surface area contributed by atoms with E-state index in [4.69, 9.17) is 4.42 Å². The van der Waals surface area contributed by atoms with Gasteiger partial charge >= 0.3 is 0 Å². The summed E-state index contributed by atoms with van der Waals surface area (Å²) in [6, 6.07) is 9.67. The molecule has 1 aromatic heterocycles. The largest absolute Gasteiger partial charge is 0.461 e. The second-order valence-corrected chi connectivity index (χ2v) is 6.97. The van der Waals surface area contributed by atoms with E-state index in [1.807, 2.05) is 49.1 Å². The maximum Gasteiger partial charge on any atom is 0.224 e. The lowest BCUT2D eigenvalue weighted by Gasteiger charge is -2.24. The zero-order valence-electron chi connectivity index (χ0n) is 15.0. The van der Waals surface area contributed by atoms with Crippen LogP contribution in [0.25, 0.3) is 11.3 Å². The van der Waals surface area contributed by atoms with Gasteiger partial charge in [-0.2, -0.15) is 0 Å². The van der Waals surface area contributed by atoms with Crippen molar-refractivity contribution in [3.8, 4) is 11.3 Å². The van der Waals surface area contributed by atoms with E-state index in [0.717, 1.165) is 34.8 Å². The number of nitrogens with zero attached hydrogens (tertiary/aromatic N) is 1. The zero-order valence-corrected chi connectivity index (χ0v) is 15.0. The summed E-state index contributed by atoms with van der Waals surface area (Å²) in [5.74, 6) is 2.22. The summed E-state index contributed by atoms with van der Waals surface area (Å²) < 4.78 is 5.97. The topological polar surface area (TPSA) is 62.6 Å². The van der Waals surface area contributed by atoms with E-state index in [9.17, 15) is 9.59 Å². The van der Waals surface area contributed by atoms with Gasteiger partial charge in [0.1, 0.15) is 11.5 Å². The summed E-state index contributed by atoms with van der Waals surface area (Å²) in [6.45, 7) is 6.95. The quantitative estimate of drug-likeness (QED) is 0.920. The maximum absolute atomic E-state index is 11.8. The summed E-state index contributed by atoms with van der Waals surface area (Å²) >= 11 is 0. The van der Waals surface area contributed by atoms with Crippen LogP contribution in [0.3, 0.4) is 0 Å². The second-order valence-electron chi connectivity index (χ2n) is 6.97. The van der Waals surface area contributed by atoms with Gasteiger partial charge in [0.15, 0.2) is 0 Å². The Hall–Kier alpha value is -2.56. The molecule has 0 aliphatic carbocycles. The molecule has 0 atom stereocenters. The number of fused-ring (bicyclic) bond motifs is 1. The molecular formula is C20H24N2O3. The average molecular weight is 340 g/mol. The van der Waals surface area contributed by atoms with Gasteiger partial charge in [-0.1, -0.05) is 13.8 Å². The molecule has 132 valence electrons. The molecule has 1 aliphatic rings. The molecule has 1 aliphatic heterocycles. The van der Waals surface area contributed by atoms with Gasteiger partial charge in [0, 0.05) is 49.7 Å². The lowest BCUT2D eigenvalue weighted by Crippen LogP contribution is -2.33. The van der Waals surface area contributed by atoms with Gasteiger partial charge in [-0.15, -0.1) is 0 Å². The van der Waals surface area contributed by atoms with Crippen molar-refractivity contribution in [1.29, 1.82) is 0 Å². The van der Waals surface area contributed by atoms with Crippen molar-refractivity contribution in [3.63, 3.8) is 0 Å². The standard InChI is InChI=1S/C20H24N2O3/c1-13(2)10-20(24)21-17-6-4-15(5-7-17)19-11-16-12-22(14(3)23)9-8-18(16)25-19/h4-7,11,13H,8-10,12H2,1-3H3,(H,21,24). The van der Waals surface area contributed by atoms with Gasteiger partial charge in [0.05, 0.1) is 0 Å². The first kappa shape index (κ1) is 17.3. The van der Waals surface area contributed by atoms with E-state index >= 15 is 0 Å². The maximum atomic E-state index is 11.8. The number of furan rings is 1. The molecule has 0 spiro atoms. The Balaban J connectivity index is 1.71. The van der Waals surface area contributed by atoms with Crippen LogP contribution < -0.4 is 5.32 Å². The predicted octanol–water partition coefficient (Wildman–Crippen LogP) is 3.84. The fourth-order valence-corrected chi connectivity index (χ4v) is 3.04. The van der Waals surface area contributed by atoms with Crippen LogP contribution in [-0.2, 0) is 22.6 Å². The smallest absolute Gasteiger partial charge is 0.224 e. The number of benzene rings is 1. The number of hydrogen-bond donors (Lipinski definition) is 1. The number of carbonyl (C=O) groups excluding carboxylic acids is 2. The van der Waals surface area contributed by atoms with E-state index in [0.29, 0.717) is 25.4 Å². The van der Waals surface area contributed by atoms with Crippen LogP contribution in [0, 0.1) is 5.92 Å². The number of nitrogens with one attached hydrogen (secondary N) is 1. The van der Waals surface area contributed by atoms with Gasteiger partial charge in [-0.05, 0) is 36.2 Å². The van der Waals surface area contributed by atoms with E-state index in [1.54, 1.807) is 6.92 Å². The molecule has 0 unspecified atom stereocenters. The van der Waals surface area contributed by atoms with Crippen molar-refractivity contribution >= 4 is 17.5 Å². The van der Waals surface area contributed by atoms with Crippen LogP contribution in [0.15, 0.2) is 34.7 Å². The number of amides is 2. The Morgan fingerprint density at radius 1 is 1.24 bits per heavy atom. The third kappa shape index (κ3) is 4.10. The first-order valence-electron chi connectivity index (χ1n) is 8.69. The van der Waals surface area contributed by atoms with Crippen molar-refractivity contribution in [2.75, 3.05) is 11.9 Å². The molecule has 3 rings (SSSR count). The Kier molecular flexibility index (Phi) is 4.93. The Morgan fingerprint density at radius 2 is 1.96 bits per heavy atom. The predicted molar refractivity (Wildman–Crippen MR) is 97.0 cm³/mol. The molecule has 0 bridgehead atoms. The van der Waals surface area contributed by atoms with Crippen LogP contribution in [0.5, 0.6) is 0 Å². The highest BCUT2D eigenvalue weighted by molar-refractivity contribution is 5.91. The van der Waals surface area contributed by atoms with E-state index < -0.39 is 0 Å². The minimum Gasteiger partial charge on any atom is -0.461 e.